The molecule has 238 valence electrons. The third-order valence-corrected chi connectivity index (χ3v) is 9.85. The smallest absolute Gasteiger partial charge is 0.325 e. The average molecular weight is 651 g/mol. The molecule has 0 saturated carbocycles. The number of fused-ring (bicyclic) bond motifs is 1. The van der Waals surface area contributed by atoms with Gasteiger partial charge in [-0.3, -0.25) is 19.2 Å². The first-order valence-corrected chi connectivity index (χ1v) is 16.8. The van der Waals surface area contributed by atoms with Crippen molar-refractivity contribution in [3.63, 3.8) is 0 Å². The number of amides is 3. The number of thiophene rings is 2. The lowest BCUT2D eigenvalue weighted by Crippen LogP contribution is -2.61. The zero-order valence-corrected chi connectivity index (χ0v) is 27.2. The molecule has 45 heavy (non-hydrogen) atoms. The summed E-state index contributed by atoms with van der Waals surface area (Å²) in [6.07, 6.45) is 3.36. The minimum Gasteiger partial charge on any atom is -0.497 e. The molecule has 5 rings (SSSR count). The molecular weight excluding hydrogens is 613 g/mol. The van der Waals surface area contributed by atoms with Gasteiger partial charge in [0.2, 0.25) is 17.7 Å². The number of ether oxygens (including phenoxy) is 2. The van der Waals surface area contributed by atoms with Gasteiger partial charge >= 0.3 is 5.97 Å². The second-order valence-electron chi connectivity index (χ2n) is 10.8. The minimum absolute atomic E-state index is 0.0180. The molecule has 3 aromatic heterocycles. The van der Waals surface area contributed by atoms with Crippen LogP contribution >= 0.6 is 22.7 Å². The van der Waals surface area contributed by atoms with Gasteiger partial charge in [0.25, 0.3) is 0 Å². The van der Waals surface area contributed by atoms with E-state index in [0.29, 0.717) is 32.4 Å². The highest BCUT2D eigenvalue weighted by molar-refractivity contribution is 7.10. The number of hydrogen-bond donors (Lipinski definition) is 1. The molecule has 1 fully saturated rings. The van der Waals surface area contributed by atoms with Crippen LogP contribution in [0.2, 0.25) is 0 Å². The summed E-state index contributed by atoms with van der Waals surface area (Å²) in [5.41, 5.74) is 1.90. The summed E-state index contributed by atoms with van der Waals surface area (Å²) in [5, 5.41) is 4.92. The van der Waals surface area contributed by atoms with Crippen LogP contribution in [0.25, 0.3) is 10.9 Å². The second-order valence-corrected chi connectivity index (χ2v) is 12.9. The molecule has 12 heteroatoms. The number of benzene rings is 1. The van der Waals surface area contributed by atoms with E-state index < -0.39 is 12.0 Å². The molecule has 0 radical (unpaired) electrons. The number of H-pyrrole nitrogens is 1. The van der Waals surface area contributed by atoms with E-state index in [1.807, 2.05) is 59.4 Å². The summed E-state index contributed by atoms with van der Waals surface area (Å²) in [6, 6.07) is 12.7. The zero-order valence-electron chi connectivity index (χ0n) is 25.5. The molecule has 3 amide bonds. The van der Waals surface area contributed by atoms with E-state index in [2.05, 4.69) is 4.98 Å². The lowest BCUT2D eigenvalue weighted by atomic mass is 10.0. The Labute approximate surface area is 270 Å². The van der Waals surface area contributed by atoms with Crippen LogP contribution in [0.15, 0.2) is 59.4 Å². The Morgan fingerprint density at radius 1 is 1.02 bits per heavy atom. The normalized spacial score (nSPS) is 15.1. The molecule has 1 aliphatic rings. The quantitative estimate of drug-likeness (QED) is 0.194. The van der Waals surface area contributed by atoms with E-state index in [0.717, 1.165) is 32.0 Å². The predicted molar refractivity (Wildman–Crippen MR) is 175 cm³/mol. The summed E-state index contributed by atoms with van der Waals surface area (Å²) < 4.78 is 10.6. The lowest BCUT2D eigenvalue weighted by molar-refractivity contribution is -0.158. The summed E-state index contributed by atoms with van der Waals surface area (Å²) in [5.74, 6) is -0.614. The largest absolute Gasteiger partial charge is 0.497 e. The Hall–Kier alpha value is -4.16. The molecular formula is C33H38N4O6S2. The molecule has 1 unspecified atom stereocenters. The first kappa shape index (κ1) is 32.2. The predicted octanol–water partition coefficient (Wildman–Crippen LogP) is 4.15. The van der Waals surface area contributed by atoms with E-state index in [9.17, 15) is 19.2 Å². The minimum atomic E-state index is -0.955. The van der Waals surface area contributed by atoms with Crippen molar-refractivity contribution in [2.75, 3.05) is 46.4 Å². The number of nitrogens with zero attached hydrogens (tertiary/aromatic N) is 3. The Morgan fingerprint density at radius 2 is 1.76 bits per heavy atom. The van der Waals surface area contributed by atoms with E-state index in [4.69, 9.17) is 9.47 Å². The molecule has 10 nitrogen and oxygen atoms in total. The third kappa shape index (κ3) is 8.12. The van der Waals surface area contributed by atoms with Gasteiger partial charge in [-0.1, -0.05) is 12.1 Å². The summed E-state index contributed by atoms with van der Waals surface area (Å²) in [4.78, 5) is 63.9. The molecule has 0 aliphatic carbocycles. The number of aromatic nitrogens is 1. The standard InChI is InChI=1S/C33H38N4O6S2/c1-3-43-32(40)22-35(13-10-23-20-34-28-9-8-24(42-2)18-27(23)28)30(38)19-29-33(41)36(14-11-25-6-4-16-44-25)21-31(39)37(29)15-12-26-7-5-17-45-26/h4-9,16-18,20,29,34H,3,10-15,19,21-22H2,1-2H3. The molecule has 4 aromatic rings. The Bertz CT molecular complexity index is 1600. The fourth-order valence-electron chi connectivity index (χ4n) is 5.60. The van der Waals surface area contributed by atoms with Crippen molar-refractivity contribution in [3.8, 4) is 5.75 Å². The summed E-state index contributed by atoms with van der Waals surface area (Å²) in [6.45, 7) is 2.59. The van der Waals surface area contributed by atoms with Crippen molar-refractivity contribution in [1.29, 1.82) is 0 Å². The van der Waals surface area contributed by atoms with Gasteiger partial charge in [0.15, 0.2) is 0 Å². The SMILES string of the molecule is CCOC(=O)CN(CCc1c[nH]c2ccc(OC)cc12)C(=O)CC1C(=O)N(CCc2cccs2)CC(=O)N1CCc1cccs1. The number of esters is 1. The van der Waals surface area contributed by atoms with Crippen LogP contribution in [-0.4, -0.2) is 95.9 Å². The number of methoxy groups -OCH3 is 1. The Balaban J connectivity index is 1.34. The maximum atomic E-state index is 13.9. The maximum Gasteiger partial charge on any atom is 0.325 e. The van der Waals surface area contributed by atoms with E-state index in [1.54, 1.807) is 46.5 Å². The molecule has 1 aromatic carbocycles. The Kier molecular flexibility index (Phi) is 10.9. The molecule has 1 N–H and O–H groups in total. The zero-order chi connectivity index (χ0) is 31.8. The van der Waals surface area contributed by atoms with Crippen molar-refractivity contribution < 1.29 is 28.7 Å². The lowest BCUT2D eigenvalue weighted by Gasteiger charge is -2.40. The molecule has 4 heterocycles. The van der Waals surface area contributed by atoms with Crippen LogP contribution in [0, 0.1) is 0 Å². The highest BCUT2D eigenvalue weighted by Gasteiger charge is 2.41. The van der Waals surface area contributed by atoms with Crippen molar-refractivity contribution in [3.05, 3.63) is 74.7 Å². The van der Waals surface area contributed by atoms with Crippen LogP contribution in [0.4, 0.5) is 0 Å². The van der Waals surface area contributed by atoms with Crippen LogP contribution < -0.4 is 4.74 Å². The van der Waals surface area contributed by atoms with Gasteiger partial charge < -0.3 is 29.2 Å². The third-order valence-electron chi connectivity index (χ3n) is 7.98. The first-order chi connectivity index (χ1) is 21.9. The van der Waals surface area contributed by atoms with Crippen molar-refractivity contribution in [1.82, 2.24) is 19.7 Å². The van der Waals surface area contributed by atoms with E-state index in [-0.39, 0.29) is 50.4 Å². The molecule has 1 atom stereocenters. The van der Waals surface area contributed by atoms with Gasteiger partial charge in [-0.2, -0.15) is 0 Å². The molecule has 1 aliphatic heterocycles. The monoisotopic (exact) mass is 650 g/mol. The van der Waals surface area contributed by atoms with Crippen LogP contribution in [0.5, 0.6) is 5.75 Å². The van der Waals surface area contributed by atoms with Crippen molar-refractivity contribution in [2.24, 2.45) is 0 Å². The number of carbonyl (C=O) groups is 4. The first-order valence-electron chi connectivity index (χ1n) is 15.1. The van der Waals surface area contributed by atoms with Gasteiger partial charge in [0, 0.05) is 46.5 Å². The number of hydrogen-bond acceptors (Lipinski definition) is 8. The fraction of sp³-hybridized carbons (Fsp3) is 0.394. The second kappa shape index (κ2) is 15.2. The molecule has 1 saturated heterocycles. The van der Waals surface area contributed by atoms with Crippen molar-refractivity contribution >= 4 is 57.3 Å². The topological polar surface area (TPSA) is 112 Å². The Morgan fingerprint density at radius 3 is 2.42 bits per heavy atom. The van der Waals surface area contributed by atoms with Crippen molar-refractivity contribution in [2.45, 2.75) is 38.6 Å². The highest BCUT2D eigenvalue weighted by atomic mass is 32.1. The van der Waals surface area contributed by atoms with E-state index in [1.165, 1.54) is 4.90 Å². The summed E-state index contributed by atoms with van der Waals surface area (Å²) in [7, 11) is 1.61. The van der Waals surface area contributed by atoms with Gasteiger partial charge in [-0.25, -0.2) is 0 Å². The number of aromatic amines is 1. The van der Waals surface area contributed by atoms with Crippen LogP contribution in [0.3, 0.4) is 0 Å². The van der Waals surface area contributed by atoms with Gasteiger partial charge in [0.05, 0.1) is 26.7 Å². The van der Waals surface area contributed by atoms with Gasteiger partial charge in [-0.05, 0) is 72.8 Å². The number of piperazine rings is 1. The highest BCUT2D eigenvalue weighted by Crippen LogP contribution is 2.25. The molecule has 0 bridgehead atoms. The van der Waals surface area contributed by atoms with E-state index >= 15 is 0 Å². The molecule has 0 spiro atoms. The number of nitrogens with one attached hydrogen (secondary N) is 1. The fourth-order valence-corrected chi connectivity index (χ4v) is 6.99. The van der Waals surface area contributed by atoms with Gasteiger partial charge in [0.1, 0.15) is 18.3 Å². The van der Waals surface area contributed by atoms with Gasteiger partial charge in [-0.15, -0.1) is 22.7 Å². The maximum absolute atomic E-state index is 13.9. The number of carbonyl (C=O) groups excluding carboxylic acids is 4. The van der Waals surface area contributed by atoms with Crippen LogP contribution in [0.1, 0.15) is 28.7 Å². The van der Waals surface area contributed by atoms with Crippen LogP contribution in [-0.2, 0) is 43.2 Å². The average Bonchev–Trinajstić information content (AvgIpc) is 3.83. The number of rotatable bonds is 15. The summed E-state index contributed by atoms with van der Waals surface area (Å²) >= 11 is 3.20.